The Morgan fingerprint density at radius 3 is 2.75 bits per heavy atom. The summed E-state index contributed by atoms with van der Waals surface area (Å²) in [4.78, 5) is 17.0. The number of aromatic amines is 1. The van der Waals surface area contributed by atoms with Gasteiger partial charge in [0.1, 0.15) is 6.33 Å². The second kappa shape index (κ2) is 5.66. The molecule has 0 radical (unpaired) electrons. The van der Waals surface area contributed by atoms with Gasteiger partial charge >= 0.3 is 0 Å². The molecule has 6 heteroatoms. The van der Waals surface area contributed by atoms with Crippen molar-refractivity contribution in [2.45, 2.75) is 6.42 Å². The molecule has 2 heterocycles. The Balaban J connectivity index is 1.65. The number of nitrogens with one attached hydrogen (secondary N) is 2. The van der Waals surface area contributed by atoms with Crippen LogP contribution in [0.1, 0.15) is 4.88 Å². The Labute approximate surface area is 119 Å². The predicted molar refractivity (Wildman–Crippen MR) is 78.5 cm³/mol. The standard InChI is InChI=1S/C14H12N4OS/c19-13(8-12-2-1-7-20-12)17-11-5-3-10(4-6-11)14-15-9-16-18-14/h1-7,9H,8H2,(H,17,19)(H,15,16,18). The van der Waals surface area contributed by atoms with E-state index in [-0.39, 0.29) is 5.91 Å². The lowest BCUT2D eigenvalue weighted by molar-refractivity contribution is -0.115. The summed E-state index contributed by atoms with van der Waals surface area (Å²) in [7, 11) is 0. The van der Waals surface area contributed by atoms with Gasteiger partial charge in [-0.2, -0.15) is 5.10 Å². The van der Waals surface area contributed by atoms with Crippen molar-refractivity contribution in [1.29, 1.82) is 0 Å². The Kier molecular flexibility index (Phi) is 3.56. The lowest BCUT2D eigenvalue weighted by Gasteiger charge is -2.05. The molecule has 2 aromatic heterocycles. The zero-order chi connectivity index (χ0) is 13.8. The van der Waals surface area contributed by atoms with Crippen molar-refractivity contribution in [3.8, 4) is 11.4 Å². The smallest absolute Gasteiger partial charge is 0.229 e. The van der Waals surface area contributed by atoms with Crippen LogP contribution < -0.4 is 5.32 Å². The summed E-state index contributed by atoms with van der Waals surface area (Å²) < 4.78 is 0. The van der Waals surface area contributed by atoms with Crippen molar-refractivity contribution in [1.82, 2.24) is 15.2 Å². The molecule has 5 nitrogen and oxygen atoms in total. The van der Waals surface area contributed by atoms with Gasteiger partial charge in [0, 0.05) is 16.1 Å². The Hall–Kier alpha value is -2.47. The van der Waals surface area contributed by atoms with E-state index in [2.05, 4.69) is 20.5 Å². The number of H-pyrrole nitrogens is 1. The summed E-state index contributed by atoms with van der Waals surface area (Å²) in [6.45, 7) is 0. The van der Waals surface area contributed by atoms with Crippen LogP contribution in [0.3, 0.4) is 0 Å². The molecule has 0 saturated heterocycles. The number of thiophene rings is 1. The molecule has 0 saturated carbocycles. The molecule has 0 atom stereocenters. The number of hydrogen-bond acceptors (Lipinski definition) is 4. The van der Waals surface area contributed by atoms with E-state index in [1.54, 1.807) is 11.3 Å². The molecule has 0 bridgehead atoms. The minimum absolute atomic E-state index is 0.0140. The van der Waals surface area contributed by atoms with Crippen LogP contribution in [0.15, 0.2) is 48.1 Å². The molecule has 20 heavy (non-hydrogen) atoms. The Morgan fingerprint density at radius 2 is 2.10 bits per heavy atom. The van der Waals surface area contributed by atoms with Gasteiger partial charge in [0.15, 0.2) is 5.82 Å². The number of nitrogens with zero attached hydrogens (tertiary/aromatic N) is 2. The van der Waals surface area contributed by atoms with Crippen molar-refractivity contribution in [2.24, 2.45) is 0 Å². The quantitative estimate of drug-likeness (QED) is 0.774. The maximum atomic E-state index is 11.9. The largest absolute Gasteiger partial charge is 0.326 e. The fourth-order valence-electron chi connectivity index (χ4n) is 1.83. The number of aromatic nitrogens is 3. The molecule has 0 aliphatic rings. The van der Waals surface area contributed by atoms with Gasteiger partial charge in [0.05, 0.1) is 6.42 Å². The molecular weight excluding hydrogens is 272 g/mol. The normalized spacial score (nSPS) is 10.4. The first-order valence-corrected chi connectivity index (χ1v) is 6.97. The molecular formula is C14H12N4OS. The predicted octanol–water partition coefficient (Wildman–Crippen LogP) is 2.71. The van der Waals surface area contributed by atoms with Crippen LogP contribution >= 0.6 is 11.3 Å². The van der Waals surface area contributed by atoms with Crippen molar-refractivity contribution < 1.29 is 4.79 Å². The molecule has 2 N–H and O–H groups in total. The number of anilines is 1. The first kappa shape index (κ1) is 12.6. The van der Waals surface area contributed by atoms with E-state index in [1.165, 1.54) is 6.33 Å². The first-order chi connectivity index (χ1) is 9.81. The minimum Gasteiger partial charge on any atom is -0.326 e. The van der Waals surface area contributed by atoms with Crippen LogP contribution in [0.5, 0.6) is 0 Å². The average Bonchev–Trinajstić information content (AvgIpc) is 3.12. The van der Waals surface area contributed by atoms with Gasteiger partial charge in [0.2, 0.25) is 5.91 Å². The molecule has 3 rings (SSSR count). The van der Waals surface area contributed by atoms with Crippen molar-refractivity contribution in [3.05, 3.63) is 53.0 Å². The second-order valence-electron chi connectivity index (χ2n) is 4.22. The van der Waals surface area contributed by atoms with Crippen LogP contribution in [-0.4, -0.2) is 21.1 Å². The van der Waals surface area contributed by atoms with Crippen molar-refractivity contribution >= 4 is 22.9 Å². The topological polar surface area (TPSA) is 70.7 Å². The lowest BCUT2D eigenvalue weighted by atomic mass is 10.2. The van der Waals surface area contributed by atoms with E-state index in [0.29, 0.717) is 12.2 Å². The van der Waals surface area contributed by atoms with Crippen LogP contribution in [0.4, 0.5) is 5.69 Å². The third-order valence-electron chi connectivity index (χ3n) is 2.77. The summed E-state index contributed by atoms with van der Waals surface area (Å²) in [6, 6.07) is 11.4. The monoisotopic (exact) mass is 284 g/mol. The average molecular weight is 284 g/mol. The number of rotatable bonds is 4. The van der Waals surface area contributed by atoms with Gasteiger partial charge in [-0.25, -0.2) is 4.98 Å². The van der Waals surface area contributed by atoms with E-state index >= 15 is 0 Å². The molecule has 0 unspecified atom stereocenters. The van der Waals surface area contributed by atoms with Crippen LogP contribution in [0.2, 0.25) is 0 Å². The van der Waals surface area contributed by atoms with Gasteiger partial charge < -0.3 is 5.32 Å². The zero-order valence-electron chi connectivity index (χ0n) is 10.5. The minimum atomic E-state index is -0.0140. The SMILES string of the molecule is O=C(Cc1cccs1)Nc1ccc(-c2ncn[nH]2)cc1. The third-order valence-corrected chi connectivity index (χ3v) is 3.65. The number of carbonyl (C=O) groups is 1. The highest BCUT2D eigenvalue weighted by Gasteiger charge is 2.05. The highest BCUT2D eigenvalue weighted by Crippen LogP contribution is 2.17. The van der Waals surface area contributed by atoms with Gasteiger partial charge in [-0.15, -0.1) is 11.3 Å². The van der Waals surface area contributed by atoms with Gasteiger partial charge in [-0.1, -0.05) is 6.07 Å². The van der Waals surface area contributed by atoms with Crippen molar-refractivity contribution in [3.63, 3.8) is 0 Å². The number of carbonyl (C=O) groups excluding carboxylic acids is 1. The maximum Gasteiger partial charge on any atom is 0.229 e. The number of hydrogen-bond donors (Lipinski definition) is 2. The summed E-state index contributed by atoms with van der Waals surface area (Å²) in [5.41, 5.74) is 1.70. The van der Waals surface area contributed by atoms with E-state index in [1.807, 2.05) is 41.8 Å². The number of amides is 1. The van der Waals surface area contributed by atoms with E-state index < -0.39 is 0 Å². The fraction of sp³-hybridized carbons (Fsp3) is 0.0714. The van der Waals surface area contributed by atoms with Crippen molar-refractivity contribution in [2.75, 3.05) is 5.32 Å². The first-order valence-electron chi connectivity index (χ1n) is 6.09. The van der Waals surface area contributed by atoms with Crippen LogP contribution in [0.25, 0.3) is 11.4 Å². The van der Waals surface area contributed by atoms with E-state index in [9.17, 15) is 4.79 Å². The molecule has 1 aromatic carbocycles. The summed E-state index contributed by atoms with van der Waals surface area (Å²) in [5.74, 6) is 0.696. The molecule has 0 fully saturated rings. The number of benzene rings is 1. The van der Waals surface area contributed by atoms with E-state index in [0.717, 1.165) is 16.1 Å². The molecule has 0 spiro atoms. The molecule has 100 valence electrons. The second-order valence-corrected chi connectivity index (χ2v) is 5.25. The Morgan fingerprint density at radius 1 is 1.25 bits per heavy atom. The highest BCUT2D eigenvalue weighted by molar-refractivity contribution is 7.10. The maximum absolute atomic E-state index is 11.9. The fourth-order valence-corrected chi connectivity index (χ4v) is 2.54. The summed E-state index contributed by atoms with van der Waals surface area (Å²) >= 11 is 1.58. The van der Waals surface area contributed by atoms with Crippen LogP contribution in [0, 0.1) is 0 Å². The zero-order valence-corrected chi connectivity index (χ0v) is 11.4. The molecule has 0 aliphatic heterocycles. The highest BCUT2D eigenvalue weighted by atomic mass is 32.1. The van der Waals surface area contributed by atoms with Gasteiger partial charge in [0.25, 0.3) is 0 Å². The molecule has 3 aromatic rings. The van der Waals surface area contributed by atoms with Gasteiger partial charge in [-0.05, 0) is 35.7 Å². The summed E-state index contributed by atoms with van der Waals surface area (Å²) in [6.07, 6.45) is 1.87. The van der Waals surface area contributed by atoms with Crippen LogP contribution in [-0.2, 0) is 11.2 Å². The lowest BCUT2D eigenvalue weighted by Crippen LogP contribution is -2.13. The van der Waals surface area contributed by atoms with Gasteiger partial charge in [-0.3, -0.25) is 9.89 Å². The molecule has 0 aliphatic carbocycles. The molecule has 1 amide bonds. The Bertz CT molecular complexity index is 675. The van der Waals surface area contributed by atoms with E-state index in [4.69, 9.17) is 0 Å². The third kappa shape index (κ3) is 2.92. The summed E-state index contributed by atoms with van der Waals surface area (Å²) in [5, 5.41) is 11.4.